The number of nitro groups is 1. The maximum absolute atomic E-state index is 10.3. The molecule has 6 heteroatoms. The summed E-state index contributed by atoms with van der Waals surface area (Å²) in [5.41, 5.74) is 6.19. The summed E-state index contributed by atoms with van der Waals surface area (Å²) in [5, 5.41) is 10.3. The van der Waals surface area contributed by atoms with Crippen molar-refractivity contribution < 1.29 is 4.92 Å². The van der Waals surface area contributed by atoms with Gasteiger partial charge in [-0.05, 0) is 6.07 Å². The molecule has 14 heavy (non-hydrogen) atoms. The molecule has 0 unspecified atom stereocenters. The van der Waals surface area contributed by atoms with E-state index in [0.717, 1.165) is 17.2 Å². The second-order valence-electron chi connectivity index (χ2n) is 2.61. The molecule has 1 aromatic rings. The Morgan fingerprint density at radius 3 is 2.86 bits per heavy atom. The number of thioether (sulfide) groups is 1. The molecule has 0 fully saturated rings. The minimum Gasteiger partial charge on any atom is -0.330 e. The maximum atomic E-state index is 10.3. The third-order valence-corrected chi connectivity index (χ3v) is 2.56. The molecule has 0 aliphatic carbocycles. The third-order valence-electron chi connectivity index (χ3n) is 1.53. The van der Waals surface area contributed by atoms with Crippen LogP contribution in [-0.2, 0) is 5.75 Å². The Kier molecular flexibility index (Phi) is 4.34. The first-order chi connectivity index (χ1) is 6.74. The van der Waals surface area contributed by atoms with Gasteiger partial charge in [-0.15, -0.1) is 0 Å². The summed E-state index contributed by atoms with van der Waals surface area (Å²) in [6, 6.07) is 3.13. The van der Waals surface area contributed by atoms with E-state index in [1.54, 1.807) is 17.8 Å². The van der Waals surface area contributed by atoms with E-state index in [1.165, 1.54) is 12.3 Å². The predicted octanol–water partition coefficient (Wildman–Crippen LogP) is 1.18. The first-order valence-electron chi connectivity index (χ1n) is 4.11. The Bertz CT molecular complexity index is 302. The second-order valence-corrected chi connectivity index (χ2v) is 3.71. The number of hydrogen-bond acceptors (Lipinski definition) is 5. The molecule has 76 valence electrons. The van der Waals surface area contributed by atoms with E-state index < -0.39 is 4.92 Å². The summed E-state index contributed by atoms with van der Waals surface area (Å²) < 4.78 is 0. The normalized spacial score (nSPS) is 10.1. The molecule has 1 aromatic heterocycles. The van der Waals surface area contributed by atoms with Gasteiger partial charge in [0.25, 0.3) is 5.69 Å². The standard InChI is InChI=1S/C8H11N3O2S/c9-3-4-14-6-7-1-2-8(5-10-7)11(12)13/h1-2,5H,3-4,6,9H2. The fourth-order valence-corrected chi connectivity index (χ4v) is 1.56. The molecule has 5 nitrogen and oxygen atoms in total. The van der Waals surface area contributed by atoms with E-state index in [0.29, 0.717) is 6.54 Å². The highest BCUT2D eigenvalue weighted by Gasteiger charge is 2.04. The lowest BCUT2D eigenvalue weighted by molar-refractivity contribution is -0.385. The molecule has 0 aliphatic heterocycles. The zero-order chi connectivity index (χ0) is 10.4. The maximum Gasteiger partial charge on any atom is 0.287 e. The molecule has 0 bridgehead atoms. The van der Waals surface area contributed by atoms with Crippen LogP contribution in [0.4, 0.5) is 5.69 Å². The van der Waals surface area contributed by atoms with Gasteiger partial charge in [0.05, 0.1) is 10.6 Å². The van der Waals surface area contributed by atoms with E-state index in [9.17, 15) is 10.1 Å². The summed E-state index contributed by atoms with van der Waals surface area (Å²) in [6.07, 6.45) is 1.28. The first-order valence-corrected chi connectivity index (χ1v) is 5.26. The van der Waals surface area contributed by atoms with Crippen LogP contribution in [0.25, 0.3) is 0 Å². The SMILES string of the molecule is NCCSCc1ccc([N+](=O)[O-])cn1. The van der Waals surface area contributed by atoms with Gasteiger partial charge in [-0.3, -0.25) is 15.1 Å². The largest absolute Gasteiger partial charge is 0.330 e. The Balaban J connectivity index is 2.51. The minimum atomic E-state index is -0.455. The second kappa shape index (κ2) is 5.56. The molecule has 0 saturated heterocycles. The molecule has 0 saturated carbocycles. The van der Waals surface area contributed by atoms with Gasteiger partial charge in [0.1, 0.15) is 6.20 Å². The van der Waals surface area contributed by atoms with Gasteiger partial charge >= 0.3 is 0 Å². The topological polar surface area (TPSA) is 82.0 Å². The Morgan fingerprint density at radius 1 is 1.57 bits per heavy atom. The molecule has 2 N–H and O–H groups in total. The molecule has 0 atom stereocenters. The summed E-state index contributed by atoms with van der Waals surface area (Å²) in [6.45, 7) is 0.637. The molecule has 0 aliphatic rings. The van der Waals surface area contributed by atoms with E-state index in [1.807, 2.05) is 0 Å². The van der Waals surface area contributed by atoms with Crippen LogP contribution in [0.15, 0.2) is 18.3 Å². The van der Waals surface area contributed by atoms with Crippen LogP contribution in [0.2, 0.25) is 0 Å². The van der Waals surface area contributed by atoms with E-state index in [-0.39, 0.29) is 5.69 Å². The third kappa shape index (κ3) is 3.31. The zero-order valence-electron chi connectivity index (χ0n) is 7.55. The van der Waals surface area contributed by atoms with Crippen LogP contribution in [0, 0.1) is 10.1 Å². The Hall–Kier alpha value is -1.14. The fourth-order valence-electron chi connectivity index (χ4n) is 0.870. The Labute approximate surface area is 85.9 Å². The smallest absolute Gasteiger partial charge is 0.287 e. The van der Waals surface area contributed by atoms with Gasteiger partial charge in [0.2, 0.25) is 0 Å². The van der Waals surface area contributed by atoms with Crippen LogP contribution in [-0.4, -0.2) is 22.2 Å². The average molecular weight is 213 g/mol. The van der Waals surface area contributed by atoms with E-state index >= 15 is 0 Å². The van der Waals surface area contributed by atoms with Crippen LogP contribution in [0.5, 0.6) is 0 Å². The number of pyridine rings is 1. The predicted molar refractivity (Wildman–Crippen MR) is 56.1 cm³/mol. The fraction of sp³-hybridized carbons (Fsp3) is 0.375. The van der Waals surface area contributed by atoms with E-state index in [4.69, 9.17) is 5.73 Å². The molecule has 0 spiro atoms. The van der Waals surface area contributed by atoms with Gasteiger partial charge in [0.15, 0.2) is 0 Å². The molecule has 0 radical (unpaired) electrons. The van der Waals surface area contributed by atoms with Gasteiger partial charge in [-0.2, -0.15) is 11.8 Å². The van der Waals surface area contributed by atoms with Gasteiger partial charge < -0.3 is 5.73 Å². The van der Waals surface area contributed by atoms with Crippen LogP contribution < -0.4 is 5.73 Å². The van der Waals surface area contributed by atoms with Gasteiger partial charge in [0, 0.05) is 24.1 Å². The summed E-state index contributed by atoms with van der Waals surface area (Å²) >= 11 is 1.66. The number of aromatic nitrogens is 1. The highest BCUT2D eigenvalue weighted by Crippen LogP contribution is 2.13. The molecular formula is C8H11N3O2S. The highest BCUT2D eigenvalue weighted by molar-refractivity contribution is 7.98. The zero-order valence-corrected chi connectivity index (χ0v) is 8.37. The van der Waals surface area contributed by atoms with Gasteiger partial charge in [-0.1, -0.05) is 0 Å². The first kappa shape index (κ1) is 10.9. The van der Waals surface area contributed by atoms with Crippen LogP contribution >= 0.6 is 11.8 Å². The summed E-state index contributed by atoms with van der Waals surface area (Å²) in [4.78, 5) is 13.8. The van der Waals surface area contributed by atoms with Crippen molar-refractivity contribution in [3.05, 3.63) is 34.1 Å². The van der Waals surface area contributed by atoms with Crippen molar-refractivity contribution >= 4 is 17.4 Å². The van der Waals surface area contributed by atoms with Crippen molar-refractivity contribution in [2.45, 2.75) is 5.75 Å². The molecule has 0 aromatic carbocycles. The lowest BCUT2D eigenvalue weighted by Gasteiger charge is -1.98. The van der Waals surface area contributed by atoms with Crippen LogP contribution in [0.3, 0.4) is 0 Å². The molecule has 0 amide bonds. The lowest BCUT2D eigenvalue weighted by atomic mass is 10.3. The number of rotatable bonds is 5. The van der Waals surface area contributed by atoms with Crippen molar-refractivity contribution in [3.63, 3.8) is 0 Å². The molecule has 1 heterocycles. The summed E-state index contributed by atoms with van der Waals surface area (Å²) in [5.74, 6) is 1.62. The lowest BCUT2D eigenvalue weighted by Crippen LogP contribution is -2.01. The molecular weight excluding hydrogens is 202 g/mol. The number of nitrogens with zero attached hydrogens (tertiary/aromatic N) is 2. The highest BCUT2D eigenvalue weighted by atomic mass is 32.2. The number of hydrogen-bond donors (Lipinski definition) is 1. The quantitative estimate of drug-likeness (QED) is 0.451. The Morgan fingerprint density at radius 2 is 2.36 bits per heavy atom. The van der Waals surface area contributed by atoms with Crippen molar-refractivity contribution in [3.8, 4) is 0 Å². The van der Waals surface area contributed by atoms with Crippen molar-refractivity contribution in [2.24, 2.45) is 5.73 Å². The van der Waals surface area contributed by atoms with Crippen molar-refractivity contribution in [1.82, 2.24) is 4.98 Å². The average Bonchev–Trinajstić information content (AvgIpc) is 2.19. The minimum absolute atomic E-state index is 0.0255. The van der Waals surface area contributed by atoms with Gasteiger partial charge in [-0.25, -0.2) is 0 Å². The monoisotopic (exact) mass is 213 g/mol. The molecule has 1 rings (SSSR count). The van der Waals surface area contributed by atoms with Crippen molar-refractivity contribution in [1.29, 1.82) is 0 Å². The van der Waals surface area contributed by atoms with Crippen molar-refractivity contribution in [2.75, 3.05) is 12.3 Å². The van der Waals surface area contributed by atoms with Crippen LogP contribution in [0.1, 0.15) is 5.69 Å². The summed E-state index contributed by atoms with van der Waals surface area (Å²) in [7, 11) is 0. The van der Waals surface area contributed by atoms with E-state index in [2.05, 4.69) is 4.98 Å². The number of nitrogens with two attached hydrogens (primary N) is 1.